The number of carboxylic acid groups (broad SMARTS) is 1. The number of hydrogen-bond donors (Lipinski definition) is 2. The normalized spacial score (nSPS) is 11.9. The Hall–Kier alpha value is -4.58. The van der Waals surface area contributed by atoms with E-state index in [9.17, 15) is 24.3 Å². The average Bonchev–Trinajstić information content (AvgIpc) is 2.94. The number of methoxy groups -OCH3 is 3. The van der Waals surface area contributed by atoms with E-state index in [-0.39, 0.29) is 22.6 Å². The minimum atomic E-state index is -2.23. The largest absolute Gasteiger partial charge is 0.497 e. The molecule has 39 heavy (non-hydrogen) atoms. The Kier molecular flexibility index (Phi) is 9.87. The third-order valence-electron chi connectivity index (χ3n) is 5.28. The molecule has 0 fully saturated rings. The van der Waals surface area contributed by atoms with E-state index < -0.39 is 36.0 Å². The highest BCUT2D eigenvalue weighted by Crippen LogP contribution is 2.29. The molecule has 0 saturated carbocycles. The van der Waals surface area contributed by atoms with Gasteiger partial charge in [-0.05, 0) is 54.6 Å². The van der Waals surface area contributed by atoms with Gasteiger partial charge in [0, 0.05) is 4.47 Å². The number of rotatable bonds is 11. The molecule has 3 aromatic rings. The molecule has 3 aromatic carbocycles. The molecule has 0 bridgehead atoms. The predicted molar refractivity (Wildman–Crippen MR) is 141 cm³/mol. The van der Waals surface area contributed by atoms with Crippen molar-refractivity contribution in [2.45, 2.75) is 12.2 Å². The molecular weight excluding hydrogens is 578 g/mol. The van der Waals surface area contributed by atoms with Crippen LogP contribution >= 0.6 is 15.9 Å². The molecule has 0 unspecified atom stereocenters. The number of aliphatic carboxylic acids is 1. The van der Waals surface area contributed by atoms with Crippen molar-refractivity contribution in [2.24, 2.45) is 0 Å². The first-order valence-corrected chi connectivity index (χ1v) is 12.0. The summed E-state index contributed by atoms with van der Waals surface area (Å²) in [5.41, 5.74) is 0.0607. The van der Waals surface area contributed by atoms with Crippen LogP contribution in [0.2, 0.25) is 0 Å². The maximum Gasteiger partial charge on any atom is 0.349 e. The van der Waals surface area contributed by atoms with Gasteiger partial charge < -0.3 is 34.1 Å². The van der Waals surface area contributed by atoms with Gasteiger partial charge in [-0.1, -0.05) is 28.1 Å². The topological polar surface area (TPSA) is 147 Å². The predicted octanol–water partition coefficient (Wildman–Crippen LogP) is 3.95. The minimum Gasteiger partial charge on any atom is -0.497 e. The van der Waals surface area contributed by atoms with Gasteiger partial charge in [-0.3, -0.25) is 4.79 Å². The van der Waals surface area contributed by atoms with Crippen LogP contribution in [0.1, 0.15) is 20.7 Å². The van der Waals surface area contributed by atoms with E-state index >= 15 is 0 Å². The molecule has 204 valence electrons. The van der Waals surface area contributed by atoms with Crippen molar-refractivity contribution in [3.8, 4) is 17.2 Å². The monoisotopic (exact) mass is 601 g/mol. The Morgan fingerprint density at radius 3 is 1.77 bits per heavy atom. The highest BCUT2D eigenvalue weighted by atomic mass is 79.9. The van der Waals surface area contributed by atoms with Crippen LogP contribution in [-0.2, 0) is 19.1 Å². The lowest BCUT2D eigenvalue weighted by atomic mass is 10.1. The van der Waals surface area contributed by atoms with Gasteiger partial charge in [-0.15, -0.1) is 0 Å². The first-order valence-electron chi connectivity index (χ1n) is 11.2. The van der Waals surface area contributed by atoms with Crippen molar-refractivity contribution >= 4 is 45.4 Å². The third kappa shape index (κ3) is 7.48. The van der Waals surface area contributed by atoms with Crippen LogP contribution in [0.5, 0.6) is 17.2 Å². The van der Waals surface area contributed by atoms with Gasteiger partial charge in [0.2, 0.25) is 12.2 Å². The van der Waals surface area contributed by atoms with Gasteiger partial charge >= 0.3 is 17.9 Å². The van der Waals surface area contributed by atoms with E-state index in [4.69, 9.17) is 23.7 Å². The van der Waals surface area contributed by atoms with Crippen LogP contribution < -0.4 is 19.5 Å². The first-order chi connectivity index (χ1) is 18.7. The van der Waals surface area contributed by atoms with E-state index in [1.54, 1.807) is 24.3 Å². The molecule has 0 saturated heterocycles. The van der Waals surface area contributed by atoms with E-state index in [0.29, 0.717) is 16.0 Å². The summed E-state index contributed by atoms with van der Waals surface area (Å²) in [5, 5.41) is 12.4. The molecule has 0 radical (unpaired) electrons. The quantitative estimate of drug-likeness (QED) is 0.309. The standard InChI is InChI=1S/C27H24BrNO10/c1-35-18-8-4-6-15(12-18)26(33)38-22(24(30)29-20-14-17(28)10-11-21(20)37-3)23(25(31)32)39-27(34)16-7-5-9-19(13-16)36-2/h4-14,22-23H,1-3H3,(H,29,30)(H,31,32)/t22-,23-/m1/s1. The van der Waals surface area contributed by atoms with Crippen molar-refractivity contribution in [3.05, 3.63) is 82.3 Å². The van der Waals surface area contributed by atoms with Crippen LogP contribution in [-0.4, -0.2) is 62.5 Å². The molecule has 0 aliphatic carbocycles. The first kappa shape index (κ1) is 29.0. The number of anilines is 1. The summed E-state index contributed by atoms with van der Waals surface area (Å²) >= 11 is 3.28. The van der Waals surface area contributed by atoms with Crippen molar-refractivity contribution in [1.29, 1.82) is 0 Å². The molecule has 11 nitrogen and oxygen atoms in total. The molecule has 2 N–H and O–H groups in total. The molecule has 0 spiro atoms. The Balaban J connectivity index is 1.97. The highest BCUT2D eigenvalue weighted by molar-refractivity contribution is 9.10. The summed E-state index contributed by atoms with van der Waals surface area (Å²) in [6, 6.07) is 16.3. The number of carbonyl (C=O) groups excluding carboxylic acids is 3. The number of benzene rings is 3. The fraction of sp³-hybridized carbons (Fsp3) is 0.185. The number of esters is 2. The van der Waals surface area contributed by atoms with Crippen molar-refractivity contribution in [2.75, 3.05) is 26.6 Å². The van der Waals surface area contributed by atoms with Crippen molar-refractivity contribution in [3.63, 3.8) is 0 Å². The Morgan fingerprint density at radius 1 is 0.744 bits per heavy atom. The van der Waals surface area contributed by atoms with E-state index in [2.05, 4.69) is 21.2 Å². The maximum absolute atomic E-state index is 13.4. The zero-order valence-electron chi connectivity index (χ0n) is 21.0. The Morgan fingerprint density at radius 2 is 1.28 bits per heavy atom. The minimum absolute atomic E-state index is 0.0320. The SMILES string of the molecule is COc1cccc(C(=O)O[C@@H](C(=O)O)[C@@H](OC(=O)c2cccc(OC)c2)C(=O)Nc2cc(Br)ccc2OC)c1. The zero-order chi connectivity index (χ0) is 28.5. The van der Waals surface area contributed by atoms with Gasteiger partial charge in [0.1, 0.15) is 17.2 Å². The smallest absolute Gasteiger partial charge is 0.349 e. The highest BCUT2D eigenvalue weighted by Gasteiger charge is 2.41. The van der Waals surface area contributed by atoms with Crippen molar-refractivity contribution in [1.82, 2.24) is 0 Å². The van der Waals surface area contributed by atoms with Crippen LogP contribution in [0.3, 0.4) is 0 Å². The van der Waals surface area contributed by atoms with Crippen molar-refractivity contribution < 1.29 is 48.0 Å². The van der Waals surface area contributed by atoms with Gasteiger partial charge in [-0.2, -0.15) is 0 Å². The summed E-state index contributed by atoms with van der Waals surface area (Å²) in [7, 11) is 4.15. The van der Waals surface area contributed by atoms with Gasteiger partial charge in [-0.25, -0.2) is 14.4 Å². The van der Waals surface area contributed by atoms with Crippen LogP contribution in [0.15, 0.2) is 71.2 Å². The molecule has 1 amide bonds. The lowest BCUT2D eigenvalue weighted by molar-refractivity contribution is -0.157. The lowest BCUT2D eigenvalue weighted by Crippen LogP contribution is -2.48. The Bertz CT molecular complexity index is 1380. The maximum atomic E-state index is 13.4. The second-order valence-corrected chi connectivity index (χ2v) is 8.70. The second kappa shape index (κ2) is 13.3. The molecule has 0 heterocycles. The van der Waals surface area contributed by atoms with E-state index in [1.165, 1.54) is 63.8 Å². The van der Waals surface area contributed by atoms with Crippen LogP contribution in [0.25, 0.3) is 0 Å². The summed E-state index contributed by atoms with van der Waals surface area (Å²) in [4.78, 5) is 51.5. The van der Waals surface area contributed by atoms with Gasteiger partial charge in [0.25, 0.3) is 5.91 Å². The number of carbonyl (C=O) groups is 4. The lowest BCUT2D eigenvalue weighted by Gasteiger charge is -2.24. The number of nitrogens with one attached hydrogen (secondary N) is 1. The summed E-state index contributed by atoms with van der Waals surface area (Å²) in [5.74, 6) is -4.08. The summed E-state index contributed by atoms with van der Waals surface area (Å²) < 4.78 is 26.5. The van der Waals surface area contributed by atoms with E-state index in [0.717, 1.165) is 0 Å². The molecule has 0 aromatic heterocycles. The average molecular weight is 602 g/mol. The summed E-state index contributed by atoms with van der Waals surface area (Å²) in [6.45, 7) is 0. The van der Waals surface area contributed by atoms with Crippen LogP contribution in [0.4, 0.5) is 5.69 Å². The molecule has 0 aliphatic heterocycles. The number of ether oxygens (including phenoxy) is 5. The molecule has 3 rings (SSSR count). The Labute approximate surface area is 231 Å². The third-order valence-corrected chi connectivity index (χ3v) is 5.77. The molecule has 2 atom stereocenters. The number of amides is 1. The number of hydrogen-bond acceptors (Lipinski definition) is 9. The number of carboxylic acids is 1. The molecular formula is C27H24BrNO10. The second-order valence-electron chi connectivity index (χ2n) is 7.79. The van der Waals surface area contributed by atoms with Crippen LogP contribution in [0, 0.1) is 0 Å². The fourth-order valence-electron chi connectivity index (χ4n) is 3.34. The van der Waals surface area contributed by atoms with E-state index in [1.807, 2.05) is 0 Å². The van der Waals surface area contributed by atoms with Gasteiger partial charge in [0.15, 0.2) is 0 Å². The van der Waals surface area contributed by atoms with Gasteiger partial charge in [0.05, 0.1) is 38.1 Å². The molecule has 0 aliphatic rings. The zero-order valence-corrected chi connectivity index (χ0v) is 22.6. The summed E-state index contributed by atoms with van der Waals surface area (Å²) in [6.07, 6.45) is -4.34. The molecule has 12 heteroatoms. The fourth-order valence-corrected chi connectivity index (χ4v) is 3.70. The number of halogens is 1.